The highest BCUT2D eigenvalue weighted by Crippen LogP contribution is 2.30. The molecule has 2 aromatic rings. The number of hydrogen-bond donors (Lipinski definition) is 0. The van der Waals surface area contributed by atoms with Gasteiger partial charge in [0.25, 0.3) is 0 Å². The monoisotopic (exact) mass is 380 g/mol. The summed E-state index contributed by atoms with van der Waals surface area (Å²) in [5.74, 6) is -0.694. The van der Waals surface area contributed by atoms with E-state index in [9.17, 15) is 18.0 Å². The van der Waals surface area contributed by atoms with Crippen molar-refractivity contribution in [2.75, 3.05) is 31.4 Å². The highest BCUT2D eigenvalue weighted by Gasteiger charge is 2.35. The number of anilines is 1. The minimum absolute atomic E-state index is 0.103. The van der Waals surface area contributed by atoms with Crippen molar-refractivity contribution in [3.05, 3.63) is 40.9 Å². The van der Waals surface area contributed by atoms with E-state index < -0.39 is 9.84 Å². The number of ether oxygens (including phenoxy) is 1. The van der Waals surface area contributed by atoms with Gasteiger partial charge < -0.3 is 9.64 Å². The van der Waals surface area contributed by atoms with Crippen molar-refractivity contribution in [3.63, 3.8) is 0 Å². The highest BCUT2D eigenvalue weighted by molar-refractivity contribution is 7.90. The lowest BCUT2D eigenvalue weighted by molar-refractivity contribution is -0.146. The van der Waals surface area contributed by atoms with Gasteiger partial charge in [-0.3, -0.25) is 9.59 Å². The number of rotatable bonds is 5. The second kappa shape index (κ2) is 6.57. The van der Waals surface area contributed by atoms with E-state index in [1.165, 1.54) is 36.8 Å². The summed E-state index contributed by atoms with van der Waals surface area (Å²) < 4.78 is 28.0. The van der Waals surface area contributed by atoms with Crippen molar-refractivity contribution in [3.8, 4) is 0 Å². The highest BCUT2D eigenvalue weighted by atomic mass is 32.2. The van der Waals surface area contributed by atoms with Gasteiger partial charge in [-0.1, -0.05) is 23.5 Å². The third-order valence-electron chi connectivity index (χ3n) is 3.93. The molecule has 1 saturated heterocycles. The molecule has 7 nitrogen and oxygen atoms in total. The van der Waals surface area contributed by atoms with Gasteiger partial charge in [0.1, 0.15) is 0 Å². The molecule has 0 atom stereocenters. The van der Waals surface area contributed by atoms with Crippen LogP contribution < -0.4 is 4.90 Å². The van der Waals surface area contributed by atoms with Crippen LogP contribution >= 0.6 is 11.3 Å². The predicted octanol–water partition coefficient (Wildman–Crippen LogP) is 1.39. The zero-order valence-corrected chi connectivity index (χ0v) is 15.3. The van der Waals surface area contributed by atoms with E-state index in [4.69, 9.17) is 4.74 Å². The largest absolute Gasteiger partial charge is 0.469 e. The van der Waals surface area contributed by atoms with Crippen LogP contribution in [-0.4, -0.2) is 51.6 Å². The van der Waals surface area contributed by atoms with Crippen molar-refractivity contribution >= 4 is 38.1 Å². The number of methoxy groups -OCH3 is 1. The Morgan fingerprint density at radius 3 is 2.68 bits per heavy atom. The average Bonchev–Trinajstić information content (AvgIpc) is 3.01. The number of carbonyl (C=O) groups is 2. The van der Waals surface area contributed by atoms with Crippen LogP contribution in [0.2, 0.25) is 0 Å². The molecule has 0 radical (unpaired) electrons. The molecular weight excluding hydrogens is 364 g/mol. The molecule has 0 spiro atoms. The van der Waals surface area contributed by atoms with Gasteiger partial charge in [-0.15, -0.1) is 0 Å². The van der Waals surface area contributed by atoms with E-state index in [1.54, 1.807) is 12.1 Å². The summed E-state index contributed by atoms with van der Waals surface area (Å²) in [6.45, 7) is 1.02. The van der Waals surface area contributed by atoms with Crippen LogP contribution in [0.15, 0.2) is 35.4 Å². The van der Waals surface area contributed by atoms with Crippen LogP contribution in [0.25, 0.3) is 0 Å². The standard InChI is InChI=1S/C16H16N2O5S2/c1-23-15(20)11-8-18(9-11)16-17-7-13(24-16)14(19)10-4-3-5-12(6-10)25(2,21)22/h3-7,11H,8-9H2,1-2H3. The molecule has 0 aliphatic carbocycles. The quantitative estimate of drug-likeness (QED) is 0.571. The maximum Gasteiger partial charge on any atom is 0.312 e. The van der Waals surface area contributed by atoms with Crippen LogP contribution in [0.5, 0.6) is 0 Å². The normalized spacial score (nSPS) is 14.9. The molecule has 2 heterocycles. The Balaban J connectivity index is 1.75. The van der Waals surface area contributed by atoms with Gasteiger partial charge in [0.15, 0.2) is 15.0 Å². The fraction of sp³-hybridized carbons (Fsp3) is 0.312. The summed E-state index contributed by atoms with van der Waals surface area (Å²) >= 11 is 1.22. The van der Waals surface area contributed by atoms with Crippen LogP contribution in [0, 0.1) is 5.92 Å². The fourth-order valence-corrected chi connectivity index (χ4v) is 4.04. The first-order chi connectivity index (χ1) is 11.8. The minimum Gasteiger partial charge on any atom is -0.469 e. The molecular formula is C16H16N2O5S2. The van der Waals surface area contributed by atoms with Gasteiger partial charge >= 0.3 is 5.97 Å². The summed E-state index contributed by atoms with van der Waals surface area (Å²) in [5.41, 5.74) is 0.300. The first kappa shape index (κ1) is 17.6. The number of sulfone groups is 1. The van der Waals surface area contributed by atoms with Gasteiger partial charge in [0.2, 0.25) is 5.78 Å². The van der Waals surface area contributed by atoms with Crippen molar-refractivity contribution in [2.24, 2.45) is 5.92 Å². The number of esters is 1. The third kappa shape index (κ3) is 3.57. The lowest BCUT2D eigenvalue weighted by Gasteiger charge is -2.36. The lowest BCUT2D eigenvalue weighted by Crippen LogP contribution is -2.50. The van der Waals surface area contributed by atoms with E-state index in [0.717, 1.165) is 6.26 Å². The number of hydrogen-bond acceptors (Lipinski definition) is 8. The molecule has 0 amide bonds. The molecule has 132 valence electrons. The number of thiazole rings is 1. The summed E-state index contributed by atoms with van der Waals surface area (Å²) in [4.78, 5) is 30.6. The van der Waals surface area contributed by atoms with Gasteiger partial charge in [-0.25, -0.2) is 13.4 Å². The van der Waals surface area contributed by atoms with Gasteiger partial charge in [-0.2, -0.15) is 0 Å². The molecule has 1 fully saturated rings. The van der Waals surface area contributed by atoms with Crippen molar-refractivity contribution in [1.29, 1.82) is 0 Å². The second-order valence-electron chi connectivity index (χ2n) is 5.76. The number of nitrogens with zero attached hydrogens (tertiary/aromatic N) is 2. The van der Waals surface area contributed by atoms with Crippen molar-refractivity contribution < 1.29 is 22.7 Å². The van der Waals surface area contributed by atoms with Crippen molar-refractivity contribution in [1.82, 2.24) is 4.98 Å². The average molecular weight is 380 g/mol. The summed E-state index contributed by atoms with van der Waals surface area (Å²) in [6, 6.07) is 5.94. The lowest BCUT2D eigenvalue weighted by atomic mass is 10.0. The van der Waals surface area contributed by atoms with E-state index in [2.05, 4.69) is 4.98 Å². The molecule has 0 unspecified atom stereocenters. The number of ketones is 1. The topological polar surface area (TPSA) is 93.6 Å². The maximum atomic E-state index is 12.6. The van der Waals surface area contributed by atoms with Gasteiger partial charge in [0, 0.05) is 24.9 Å². The molecule has 9 heteroatoms. The number of aromatic nitrogens is 1. The van der Waals surface area contributed by atoms with Crippen LogP contribution in [0.3, 0.4) is 0 Å². The molecule has 3 rings (SSSR count). The molecule has 0 saturated carbocycles. The molecule has 1 aromatic carbocycles. The smallest absolute Gasteiger partial charge is 0.312 e. The third-order valence-corrected chi connectivity index (χ3v) is 6.10. The zero-order chi connectivity index (χ0) is 18.2. The maximum absolute atomic E-state index is 12.6. The van der Waals surface area contributed by atoms with E-state index >= 15 is 0 Å². The first-order valence-corrected chi connectivity index (χ1v) is 10.1. The van der Waals surface area contributed by atoms with Crippen LogP contribution in [0.4, 0.5) is 5.13 Å². The summed E-state index contributed by atoms with van der Waals surface area (Å²) in [5, 5.41) is 0.655. The molecule has 25 heavy (non-hydrogen) atoms. The van der Waals surface area contributed by atoms with Gasteiger partial charge in [0.05, 0.1) is 29.0 Å². The SMILES string of the molecule is COC(=O)C1CN(c2ncc(C(=O)c3cccc(S(C)(=O)=O)c3)s2)C1. The fourth-order valence-electron chi connectivity index (χ4n) is 2.48. The Kier molecular flexibility index (Phi) is 4.61. The molecule has 1 aromatic heterocycles. The van der Waals surface area contributed by atoms with E-state index in [0.29, 0.717) is 28.7 Å². The number of benzene rings is 1. The Morgan fingerprint density at radius 2 is 2.04 bits per heavy atom. The van der Waals surface area contributed by atoms with Crippen LogP contribution in [0.1, 0.15) is 15.2 Å². The Morgan fingerprint density at radius 1 is 1.32 bits per heavy atom. The summed E-state index contributed by atoms with van der Waals surface area (Å²) in [6.07, 6.45) is 2.57. The predicted molar refractivity (Wildman–Crippen MR) is 92.8 cm³/mol. The molecule has 0 bridgehead atoms. The van der Waals surface area contributed by atoms with Gasteiger partial charge in [-0.05, 0) is 12.1 Å². The van der Waals surface area contributed by atoms with E-state index in [-0.39, 0.29) is 22.6 Å². The molecule has 1 aliphatic rings. The Labute approximate surface area is 149 Å². The molecule has 1 aliphatic heterocycles. The zero-order valence-electron chi connectivity index (χ0n) is 13.6. The Hall–Kier alpha value is -2.26. The molecule has 0 N–H and O–H groups in total. The van der Waals surface area contributed by atoms with E-state index in [1.807, 2.05) is 4.90 Å². The van der Waals surface area contributed by atoms with Crippen LogP contribution in [-0.2, 0) is 19.4 Å². The van der Waals surface area contributed by atoms with Crippen molar-refractivity contribution in [2.45, 2.75) is 4.90 Å². The number of carbonyl (C=O) groups excluding carboxylic acids is 2. The Bertz CT molecular complexity index is 930. The summed E-state index contributed by atoms with van der Waals surface area (Å²) in [7, 11) is -2.02. The second-order valence-corrected chi connectivity index (χ2v) is 8.79. The first-order valence-electron chi connectivity index (χ1n) is 7.43. The minimum atomic E-state index is -3.38.